The SMILES string of the molecule is O=C(Nc1nc(-c2ccc(Br)cc2)cs1)C(Cl)Cl. The van der Waals surface area contributed by atoms with Gasteiger partial charge in [-0.1, -0.05) is 51.3 Å². The summed E-state index contributed by atoms with van der Waals surface area (Å²) in [5, 5.41) is 4.87. The molecule has 0 aliphatic rings. The summed E-state index contributed by atoms with van der Waals surface area (Å²) >= 11 is 15.6. The zero-order valence-corrected chi connectivity index (χ0v) is 12.8. The Morgan fingerprint density at radius 3 is 2.61 bits per heavy atom. The van der Waals surface area contributed by atoms with Crippen molar-refractivity contribution in [1.82, 2.24) is 4.98 Å². The van der Waals surface area contributed by atoms with Gasteiger partial charge in [0, 0.05) is 15.4 Å². The van der Waals surface area contributed by atoms with E-state index in [1.165, 1.54) is 11.3 Å². The third kappa shape index (κ3) is 3.45. The predicted octanol–water partition coefficient (Wildman–Crippen LogP) is 4.31. The second-order valence-corrected chi connectivity index (χ2v) is 6.20. The van der Waals surface area contributed by atoms with Crippen molar-refractivity contribution in [3.63, 3.8) is 0 Å². The van der Waals surface area contributed by atoms with E-state index in [0.29, 0.717) is 5.13 Å². The smallest absolute Gasteiger partial charge is 0.259 e. The quantitative estimate of drug-likeness (QED) is 0.823. The maximum absolute atomic E-state index is 11.3. The van der Waals surface area contributed by atoms with Gasteiger partial charge in [-0.15, -0.1) is 11.3 Å². The first-order valence-corrected chi connectivity index (χ1v) is 7.41. The van der Waals surface area contributed by atoms with Gasteiger partial charge in [-0.05, 0) is 12.1 Å². The molecule has 2 aromatic rings. The van der Waals surface area contributed by atoms with Crippen molar-refractivity contribution >= 4 is 61.5 Å². The highest BCUT2D eigenvalue weighted by Gasteiger charge is 2.13. The minimum absolute atomic E-state index is 0.476. The number of rotatable bonds is 3. The fraction of sp³-hybridized carbons (Fsp3) is 0.0909. The minimum Gasteiger partial charge on any atom is -0.300 e. The Labute approximate surface area is 126 Å². The summed E-state index contributed by atoms with van der Waals surface area (Å²) < 4.78 is 1.00. The largest absolute Gasteiger partial charge is 0.300 e. The van der Waals surface area contributed by atoms with Crippen molar-refractivity contribution in [2.24, 2.45) is 0 Å². The highest BCUT2D eigenvalue weighted by molar-refractivity contribution is 9.10. The standard InChI is InChI=1S/C11H7BrCl2N2OS/c12-7-3-1-6(2-4-7)8-5-18-11(15-8)16-10(17)9(13)14/h1-5,9H,(H,15,16,17). The normalized spacial score (nSPS) is 10.7. The van der Waals surface area contributed by atoms with E-state index in [2.05, 4.69) is 26.2 Å². The number of amides is 1. The zero-order valence-electron chi connectivity index (χ0n) is 8.86. The highest BCUT2D eigenvalue weighted by atomic mass is 79.9. The lowest BCUT2D eigenvalue weighted by molar-refractivity contribution is -0.114. The number of anilines is 1. The van der Waals surface area contributed by atoms with Crippen LogP contribution in [0, 0.1) is 0 Å². The molecule has 18 heavy (non-hydrogen) atoms. The monoisotopic (exact) mass is 364 g/mol. The molecule has 1 heterocycles. The first-order valence-electron chi connectivity index (χ1n) is 4.87. The molecule has 3 nitrogen and oxygen atoms in total. The van der Waals surface area contributed by atoms with Crippen molar-refractivity contribution in [2.45, 2.75) is 4.84 Å². The Morgan fingerprint density at radius 2 is 2.00 bits per heavy atom. The van der Waals surface area contributed by atoms with Gasteiger partial charge < -0.3 is 0 Å². The van der Waals surface area contributed by atoms with Crippen LogP contribution in [-0.2, 0) is 4.79 Å². The molecule has 0 aliphatic heterocycles. The number of benzene rings is 1. The van der Waals surface area contributed by atoms with Crippen LogP contribution in [0.15, 0.2) is 34.1 Å². The van der Waals surface area contributed by atoms with Gasteiger partial charge in [0.1, 0.15) is 0 Å². The number of hydrogen-bond acceptors (Lipinski definition) is 3. The molecule has 2 rings (SSSR count). The molecule has 0 saturated heterocycles. The Balaban J connectivity index is 2.15. The molecular weight excluding hydrogens is 359 g/mol. The first-order chi connectivity index (χ1) is 8.56. The molecule has 1 aromatic carbocycles. The van der Waals surface area contributed by atoms with Crippen LogP contribution < -0.4 is 5.32 Å². The van der Waals surface area contributed by atoms with E-state index in [9.17, 15) is 4.79 Å². The number of thiazole rings is 1. The minimum atomic E-state index is -1.09. The van der Waals surface area contributed by atoms with Crippen molar-refractivity contribution < 1.29 is 4.79 Å². The van der Waals surface area contributed by atoms with Crippen LogP contribution in [0.25, 0.3) is 11.3 Å². The third-order valence-corrected chi connectivity index (χ3v) is 3.76. The van der Waals surface area contributed by atoms with Crippen molar-refractivity contribution in [3.05, 3.63) is 34.1 Å². The van der Waals surface area contributed by atoms with Crippen LogP contribution in [0.5, 0.6) is 0 Å². The third-order valence-electron chi connectivity index (χ3n) is 2.07. The maximum atomic E-state index is 11.3. The number of halogens is 3. The van der Waals surface area contributed by atoms with E-state index >= 15 is 0 Å². The molecule has 0 saturated carbocycles. The topological polar surface area (TPSA) is 42.0 Å². The molecule has 0 unspecified atom stereocenters. The van der Waals surface area contributed by atoms with E-state index in [1.54, 1.807) is 0 Å². The van der Waals surface area contributed by atoms with E-state index in [4.69, 9.17) is 23.2 Å². The molecule has 1 amide bonds. The Bertz CT molecular complexity index is 556. The highest BCUT2D eigenvalue weighted by Crippen LogP contribution is 2.26. The van der Waals surface area contributed by atoms with E-state index in [-0.39, 0.29) is 0 Å². The molecule has 7 heteroatoms. The van der Waals surface area contributed by atoms with Crippen LogP contribution >= 0.6 is 50.5 Å². The number of carbonyl (C=O) groups is 1. The lowest BCUT2D eigenvalue weighted by Gasteiger charge is -2.00. The van der Waals surface area contributed by atoms with Crippen molar-refractivity contribution in [3.8, 4) is 11.3 Å². The summed E-state index contributed by atoms with van der Waals surface area (Å²) in [7, 11) is 0. The van der Waals surface area contributed by atoms with Gasteiger partial charge in [0.2, 0.25) is 0 Å². The molecule has 0 aliphatic carbocycles. The maximum Gasteiger partial charge on any atom is 0.259 e. The number of nitrogens with zero attached hydrogens (tertiary/aromatic N) is 1. The second kappa shape index (κ2) is 6.02. The zero-order chi connectivity index (χ0) is 13.1. The summed E-state index contributed by atoms with van der Waals surface area (Å²) in [5.41, 5.74) is 1.77. The van der Waals surface area contributed by atoms with E-state index in [0.717, 1.165) is 15.7 Å². The summed E-state index contributed by atoms with van der Waals surface area (Å²) in [4.78, 5) is 14.5. The van der Waals surface area contributed by atoms with Crippen LogP contribution in [0.2, 0.25) is 0 Å². The molecule has 1 N–H and O–H groups in total. The average Bonchev–Trinajstić information content (AvgIpc) is 2.78. The number of nitrogens with one attached hydrogen (secondary N) is 1. The van der Waals surface area contributed by atoms with E-state index in [1.807, 2.05) is 29.6 Å². The molecule has 94 valence electrons. The van der Waals surface area contributed by atoms with E-state index < -0.39 is 10.7 Å². The Morgan fingerprint density at radius 1 is 1.33 bits per heavy atom. The molecule has 0 bridgehead atoms. The lowest BCUT2D eigenvalue weighted by atomic mass is 10.2. The van der Waals surface area contributed by atoms with Crippen molar-refractivity contribution in [1.29, 1.82) is 0 Å². The Kier molecular flexibility index (Phi) is 4.61. The number of alkyl halides is 2. The fourth-order valence-corrected chi connectivity index (χ4v) is 2.34. The van der Waals surface area contributed by atoms with Gasteiger partial charge in [-0.3, -0.25) is 10.1 Å². The average molecular weight is 366 g/mol. The summed E-state index contributed by atoms with van der Waals surface area (Å²) in [5.74, 6) is -0.477. The van der Waals surface area contributed by atoms with Gasteiger partial charge in [-0.25, -0.2) is 4.98 Å². The molecule has 0 fully saturated rings. The molecule has 0 radical (unpaired) electrons. The summed E-state index contributed by atoms with van der Waals surface area (Å²) in [6, 6.07) is 7.74. The van der Waals surface area contributed by atoms with Gasteiger partial charge in [0.15, 0.2) is 9.97 Å². The van der Waals surface area contributed by atoms with Gasteiger partial charge in [0.05, 0.1) is 5.69 Å². The van der Waals surface area contributed by atoms with Crippen molar-refractivity contribution in [2.75, 3.05) is 5.32 Å². The van der Waals surface area contributed by atoms with Crippen LogP contribution in [0.1, 0.15) is 0 Å². The number of hydrogen-bond donors (Lipinski definition) is 1. The van der Waals surface area contributed by atoms with Gasteiger partial charge in [0.25, 0.3) is 5.91 Å². The van der Waals surface area contributed by atoms with Crippen LogP contribution in [0.4, 0.5) is 5.13 Å². The van der Waals surface area contributed by atoms with Crippen LogP contribution in [0.3, 0.4) is 0 Å². The summed E-state index contributed by atoms with van der Waals surface area (Å²) in [6.07, 6.45) is 0. The number of carbonyl (C=O) groups excluding carboxylic acids is 1. The Hall–Kier alpha value is -0.620. The summed E-state index contributed by atoms with van der Waals surface area (Å²) in [6.45, 7) is 0. The molecule has 1 aromatic heterocycles. The van der Waals surface area contributed by atoms with Gasteiger partial charge >= 0.3 is 0 Å². The van der Waals surface area contributed by atoms with Crippen LogP contribution in [-0.4, -0.2) is 15.7 Å². The van der Waals surface area contributed by atoms with Gasteiger partial charge in [-0.2, -0.15) is 0 Å². The molecule has 0 spiro atoms. The fourth-order valence-electron chi connectivity index (χ4n) is 1.24. The molecule has 0 atom stereocenters. The first kappa shape index (κ1) is 13.8. The molecular formula is C11H7BrCl2N2OS. The number of aromatic nitrogens is 1. The second-order valence-electron chi connectivity index (χ2n) is 3.33. The predicted molar refractivity (Wildman–Crippen MR) is 79.4 cm³/mol. The lowest BCUT2D eigenvalue weighted by Crippen LogP contribution is -2.18.